The lowest BCUT2D eigenvalue weighted by molar-refractivity contribution is 0.242. The van der Waals surface area contributed by atoms with Crippen LogP contribution in [0.4, 0.5) is 4.39 Å². The van der Waals surface area contributed by atoms with Crippen molar-refractivity contribution in [3.05, 3.63) is 65.3 Å². The lowest BCUT2D eigenvalue weighted by Crippen LogP contribution is -2.39. The number of aromatic nitrogens is 2. The molecule has 30 heavy (non-hydrogen) atoms. The minimum Gasteiger partial charge on any atom is -0.339 e. The van der Waals surface area contributed by atoms with Gasteiger partial charge in [0, 0.05) is 29.6 Å². The van der Waals surface area contributed by atoms with E-state index in [1.54, 1.807) is 12.1 Å². The van der Waals surface area contributed by atoms with Crippen LogP contribution in [0.25, 0.3) is 11.4 Å². The maximum atomic E-state index is 13.1. The number of piperidine rings is 1. The Labute approximate surface area is 178 Å². The fourth-order valence-electron chi connectivity index (χ4n) is 4.30. The summed E-state index contributed by atoms with van der Waals surface area (Å²) in [5.74, 6) is 0.795. The zero-order chi connectivity index (χ0) is 20.9. The highest BCUT2D eigenvalue weighted by Gasteiger charge is 2.59. The quantitative estimate of drug-likeness (QED) is 0.589. The predicted octanol–water partition coefficient (Wildman–Crippen LogP) is 4.49. The van der Waals surface area contributed by atoms with Crippen molar-refractivity contribution < 1.29 is 17.3 Å². The van der Waals surface area contributed by atoms with Crippen LogP contribution in [-0.2, 0) is 10.0 Å². The first-order chi connectivity index (χ1) is 14.4. The summed E-state index contributed by atoms with van der Waals surface area (Å²) in [6, 6.07) is 12.2. The maximum absolute atomic E-state index is 13.1. The van der Waals surface area contributed by atoms with Gasteiger partial charge < -0.3 is 4.52 Å². The first-order valence-corrected chi connectivity index (χ1v) is 11.5. The Hall–Kier alpha value is -2.29. The van der Waals surface area contributed by atoms with E-state index in [2.05, 4.69) is 10.1 Å². The van der Waals surface area contributed by atoms with E-state index in [1.807, 2.05) is 12.1 Å². The zero-order valence-electron chi connectivity index (χ0n) is 16.0. The normalized spacial score (nSPS) is 21.1. The van der Waals surface area contributed by atoms with E-state index in [-0.39, 0.29) is 16.2 Å². The van der Waals surface area contributed by atoms with Gasteiger partial charge in [0.05, 0.1) is 4.90 Å². The van der Waals surface area contributed by atoms with Gasteiger partial charge in [0.25, 0.3) is 0 Å². The highest BCUT2D eigenvalue weighted by atomic mass is 35.5. The summed E-state index contributed by atoms with van der Waals surface area (Å²) in [5, 5.41) is 4.69. The molecule has 9 heteroatoms. The summed E-state index contributed by atoms with van der Waals surface area (Å²) in [7, 11) is -3.62. The fourth-order valence-corrected chi connectivity index (χ4v) is 5.93. The second-order valence-electron chi connectivity index (χ2n) is 7.94. The molecule has 2 fully saturated rings. The first-order valence-electron chi connectivity index (χ1n) is 9.73. The Morgan fingerprint density at radius 1 is 1.13 bits per heavy atom. The van der Waals surface area contributed by atoms with Gasteiger partial charge in [-0.15, -0.1) is 0 Å². The van der Waals surface area contributed by atoms with Crippen LogP contribution in [0.3, 0.4) is 0 Å². The van der Waals surface area contributed by atoms with Crippen LogP contribution in [0.15, 0.2) is 57.9 Å². The SMILES string of the molecule is O=S(=O)(c1ccc(F)cc1)N1CCC2(CC1)C[C@@H]2c1nc(-c2cccc(Cl)c2)no1. The van der Waals surface area contributed by atoms with Crippen LogP contribution < -0.4 is 0 Å². The second kappa shape index (κ2) is 7.14. The van der Waals surface area contributed by atoms with Gasteiger partial charge in [-0.05, 0) is 61.1 Å². The summed E-state index contributed by atoms with van der Waals surface area (Å²) < 4.78 is 45.8. The standard InChI is InChI=1S/C21H19ClFN3O3S/c22-15-3-1-2-14(12-15)19-24-20(29-25-19)18-13-21(18)8-10-26(11-9-21)30(27,28)17-6-4-16(23)5-7-17/h1-7,12,18H,8-11,13H2/t18-/m1/s1. The number of nitrogens with zero attached hydrogens (tertiary/aromatic N) is 3. The summed E-state index contributed by atoms with van der Waals surface area (Å²) in [4.78, 5) is 4.67. The largest absolute Gasteiger partial charge is 0.339 e. The molecule has 5 rings (SSSR count). The monoisotopic (exact) mass is 447 g/mol. The molecule has 2 aromatic carbocycles. The van der Waals surface area contributed by atoms with E-state index in [9.17, 15) is 12.8 Å². The zero-order valence-corrected chi connectivity index (χ0v) is 17.5. The highest BCUT2D eigenvalue weighted by Crippen LogP contribution is 2.64. The van der Waals surface area contributed by atoms with E-state index in [4.69, 9.17) is 16.1 Å². The lowest BCUT2D eigenvalue weighted by Gasteiger charge is -2.31. The Morgan fingerprint density at radius 2 is 1.87 bits per heavy atom. The van der Waals surface area contributed by atoms with Crippen molar-refractivity contribution in [2.75, 3.05) is 13.1 Å². The average molecular weight is 448 g/mol. The summed E-state index contributed by atoms with van der Waals surface area (Å²) in [5.41, 5.74) is 0.805. The van der Waals surface area contributed by atoms with Gasteiger partial charge in [-0.1, -0.05) is 28.9 Å². The first kappa shape index (κ1) is 19.7. The second-order valence-corrected chi connectivity index (χ2v) is 10.3. The topological polar surface area (TPSA) is 76.3 Å². The third-order valence-corrected chi connectivity index (χ3v) is 8.33. The van der Waals surface area contributed by atoms with Crippen LogP contribution in [-0.4, -0.2) is 36.0 Å². The molecule has 1 saturated heterocycles. The van der Waals surface area contributed by atoms with Gasteiger partial charge in [-0.25, -0.2) is 12.8 Å². The molecule has 1 atom stereocenters. The Morgan fingerprint density at radius 3 is 2.57 bits per heavy atom. The molecule has 2 heterocycles. The molecule has 0 bridgehead atoms. The van der Waals surface area contributed by atoms with Crippen LogP contribution >= 0.6 is 11.6 Å². The van der Waals surface area contributed by atoms with Crippen LogP contribution in [0.5, 0.6) is 0 Å². The van der Waals surface area contributed by atoms with Gasteiger partial charge in [0.15, 0.2) is 0 Å². The number of hydrogen-bond acceptors (Lipinski definition) is 5. The molecule has 0 N–H and O–H groups in total. The molecule has 6 nitrogen and oxygen atoms in total. The molecule has 1 spiro atoms. The number of rotatable bonds is 4. The van der Waals surface area contributed by atoms with Gasteiger partial charge >= 0.3 is 0 Å². The molecular formula is C21H19ClFN3O3S. The molecule has 156 valence electrons. The van der Waals surface area contributed by atoms with Crippen molar-refractivity contribution in [2.24, 2.45) is 5.41 Å². The molecule has 2 aliphatic rings. The van der Waals surface area contributed by atoms with Gasteiger partial charge in [-0.2, -0.15) is 9.29 Å². The van der Waals surface area contributed by atoms with Crippen LogP contribution in [0.1, 0.15) is 31.1 Å². The van der Waals surface area contributed by atoms with Crippen LogP contribution in [0, 0.1) is 11.2 Å². The number of benzene rings is 2. The van der Waals surface area contributed by atoms with Gasteiger partial charge in [0.1, 0.15) is 5.82 Å². The Bertz CT molecular complexity index is 1190. The van der Waals surface area contributed by atoms with Crippen molar-refractivity contribution in [2.45, 2.75) is 30.1 Å². The third kappa shape index (κ3) is 3.42. The van der Waals surface area contributed by atoms with E-state index in [0.717, 1.165) is 24.8 Å². The smallest absolute Gasteiger partial charge is 0.243 e. The molecular weight excluding hydrogens is 429 g/mol. The van der Waals surface area contributed by atoms with E-state index >= 15 is 0 Å². The maximum Gasteiger partial charge on any atom is 0.243 e. The van der Waals surface area contributed by atoms with E-state index in [0.29, 0.717) is 29.8 Å². The van der Waals surface area contributed by atoms with Crippen molar-refractivity contribution in [3.8, 4) is 11.4 Å². The molecule has 1 aliphatic carbocycles. The number of hydrogen-bond donors (Lipinski definition) is 0. The summed E-state index contributed by atoms with van der Waals surface area (Å²) in [6.07, 6.45) is 2.37. The molecule has 3 aromatic rings. The number of sulfonamides is 1. The molecule has 1 saturated carbocycles. The van der Waals surface area contributed by atoms with E-state index < -0.39 is 15.8 Å². The minimum absolute atomic E-state index is 0.00690. The average Bonchev–Trinajstić information content (AvgIpc) is 3.20. The highest BCUT2D eigenvalue weighted by molar-refractivity contribution is 7.89. The third-order valence-electron chi connectivity index (χ3n) is 6.18. The summed E-state index contributed by atoms with van der Waals surface area (Å²) in [6.45, 7) is 0.844. The van der Waals surface area contributed by atoms with Crippen molar-refractivity contribution in [1.29, 1.82) is 0 Å². The van der Waals surface area contributed by atoms with Gasteiger partial charge in [0.2, 0.25) is 21.7 Å². The summed E-state index contributed by atoms with van der Waals surface area (Å²) >= 11 is 6.04. The molecule has 0 radical (unpaired) electrons. The Kier molecular flexibility index (Phi) is 4.68. The van der Waals surface area contributed by atoms with Crippen molar-refractivity contribution in [1.82, 2.24) is 14.4 Å². The lowest BCUT2D eigenvalue weighted by atomic mass is 9.92. The fraction of sp³-hybridized carbons (Fsp3) is 0.333. The van der Waals surface area contributed by atoms with Crippen molar-refractivity contribution in [3.63, 3.8) is 0 Å². The predicted molar refractivity (Wildman–Crippen MR) is 109 cm³/mol. The van der Waals surface area contributed by atoms with E-state index in [1.165, 1.54) is 28.6 Å². The molecule has 0 amide bonds. The van der Waals surface area contributed by atoms with Crippen molar-refractivity contribution >= 4 is 21.6 Å². The molecule has 1 aliphatic heterocycles. The Balaban J connectivity index is 1.27. The number of halogens is 2. The minimum atomic E-state index is -3.62. The molecule has 1 aromatic heterocycles. The van der Waals surface area contributed by atoms with Gasteiger partial charge in [-0.3, -0.25) is 0 Å². The molecule has 0 unspecified atom stereocenters. The van der Waals surface area contributed by atoms with Crippen LogP contribution in [0.2, 0.25) is 5.02 Å².